The predicted octanol–water partition coefficient (Wildman–Crippen LogP) is 1.75. The maximum atomic E-state index is 12.1. The van der Waals surface area contributed by atoms with E-state index in [4.69, 9.17) is 10.8 Å². The van der Waals surface area contributed by atoms with Crippen LogP contribution in [-0.2, 0) is 6.54 Å². The Hall–Kier alpha value is -2.76. The van der Waals surface area contributed by atoms with Crippen molar-refractivity contribution in [2.45, 2.75) is 18.9 Å². The zero-order valence-electron chi connectivity index (χ0n) is 13.2. The summed E-state index contributed by atoms with van der Waals surface area (Å²) in [7, 11) is 0. The second-order valence-electron chi connectivity index (χ2n) is 6.68. The summed E-state index contributed by atoms with van der Waals surface area (Å²) >= 11 is 0. The van der Waals surface area contributed by atoms with E-state index in [0.717, 1.165) is 37.4 Å². The van der Waals surface area contributed by atoms with Crippen LogP contribution >= 0.6 is 0 Å². The highest BCUT2D eigenvalue weighted by Crippen LogP contribution is 2.38. The average Bonchev–Trinajstić information content (AvgIpc) is 2.55. The quantitative estimate of drug-likeness (QED) is 0.821. The molecule has 2 unspecified atom stereocenters. The Bertz CT molecular complexity index is 874. The largest absolute Gasteiger partial charge is 0.478 e. The van der Waals surface area contributed by atoms with Crippen molar-refractivity contribution in [1.29, 1.82) is 0 Å². The number of aromatic nitrogens is 1. The van der Waals surface area contributed by atoms with Crippen LogP contribution in [0.3, 0.4) is 0 Å². The molecule has 6 nitrogen and oxygen atoms in total. The summed E-state index contributed by atoms with van der Waals surface area (Å²) in [5, 5.41) is 9.08. The highest BCUT2D eigenvalue weighted by Gasteiger charge is 2.35. The van der Waals surface area contributed by atoms with Crippen LogP contribution in [0.5, 0.6) is 0 Å². The SMILES string of the molecule is Nc1cc(C(=O)O)ccc1N1CC2CC(C1)c1cccc(=O)n1C2. The Morgan fingerprint density at radius 1 is 1.17 bits per heavy atom. The molecule has 6 heteroatoms. The van der Waals surface area contributed by atoms with Crippen molar-refractivity contribution in [3.63, 3.8) is 0 Å². The number of nitrogen functional groups attached to an aromatic ring is 1. The van der Waals surface area contributed by atoms with Gasteiger partial charge in [-0.05, 0) is 36.6 Å². The molecule has 0 aliphatic carbocycles. The van der Waals surface area contributed by atoms with Crippen LogP contribution in [0.15, 0.2) is 41.2 Å². The molecule has 124 valence electrons. The molecular weight excluding hydrogens is 306 g/mol. The van der Waals surface area contributed by atoms with Crippen molar-refractivity contribution >= 4 is 17.3 Å². The van der Waals surface area contributed by atoms with E-state index in [1.165, 1.54) is 6.07 Å². The summed E-state index contributed by atoms with van der Waals surface area (Å²) in [6.45, 7) is 2.35. The molecule has 4 rings (SSSR count). The van der Waals surface area contributed by atoms with E-state index in [0.29, 0.717) is 17.5 Å². The van der Waals surface area contributed by atoms with Gasteiger partial charge in [-0.3, -0.25) is 4.79 Å². The Labute approximate surface area is 139 Å². The van der Waals surface area contributed by atoms with Crippen molar-refractivity contribution in [3.05, 3.63) is 58.0 Å². The number of carboxylic acids is 1. The third-order valence-corrected chi connectivity index (χ3v) is 5.09. The number of hydrogen-bond acceptors (Lipinski definition) is 4. The second kappa shape index (κ2) is 5.40. The molecule has 2 aliphatic heterocycles. The predicted molar refractivity (Wildman–Crippen MR) is 91.6 cm³/mol. The summed E-state index contributed by atoms with van der Waals surface area (Å²) in [4.78, 5) is 25.4. The number of rotatable bonds is 2. The Balaban J connectivity index is 1.67. The van der Waals surface area contributed by atoms with Gasteiger partial charge >= 0.3 is 5.97 Å². The van der Waals surface area contributed by atoms with Gasteiger partial charge in [0.25, 0.3) is 5.56 Å². The Morgan fingerprint density at radius 3 is 2.75 bits per heavy atom. The van der Waals surface area contributed by atoms with Gasteiger partial charge in [0.05, 0.1) is 16.9 Å². The monoisotopic (exact) mass is 325 g/mol. The molecule has 2 atom stereocenters. The van der Waals surface area contributed by atoms with E-state index in [1.807, 2.05) is 16.7 Å². The molecule has 1 aromatic carbocycles. The van der Waals surface area contributed by atoms with Gasteiger partial charge in [0.1, 0.15) is 0 Å². The number of benzene rings is 1. The smallest absolute Gasteiger partial charge is 0.335 e. The number of nitrogens with zero attached hydrogens (tertiary/aromatic N) is 2. The first kappa shape index (κ1) is 14.8. The van der Waals surface area contributed by atoms with Crippen molar-refractivity contribution < 1.29 is 9.90 Å². The number of hydrogen-bond donors (Lipinski definition) is 2. The molecular formula is C18H19N3O3. The molecule has 3 heterocycles. The molecule has 24 heavy (non-hydrogen) atoms. The Morgan fingerprint density at radius 2 is 2.00 bits per heavy atom. The van der Waals surface area contributed by atoms with Crippen molar-refractivity contribution in [1.82, 2.24) is 4.57 Å². The Kier molecular flexibility index (Phi) is 3.33. The lowest BCUT2D eigenvalue weighted by molar-refractivity contribution is 0.0697. The fraction of sp³-hybridized carbons (Fsp3) is 0.333. The number of piperidine rings is 1. The van der Waals surface area contributed by atoms with Crippen LogP contribution in [0.25, 0.3) is 0 Å². The molecule has 0 saturated carbocycles. The lowest BCUT2D eigenvalue weighted by atomic mass is 9.83. The van der Waals surface area contributed by atoms with Crippen LogP contribution in [0.1, 0.15) is 28.4 Å². The minimum absolute atomic E-state index is 0.0703. The van der Waals surface area contributed by atoms with Gasteiger partial charge in [-0.1, -0.05) is 6.07 Å². The molecule has 0 spiro atoms. The molecule has 2 aliphatic rings. The lowest BCUT2D eigenvalue weighted by Crippen LogP contribution is -2.47. The first-order valence-electron chi connectivity index (χ1n) is 8.10. The van der Waals surface area contributed by atoms with E-state index in [9.17, 15) is 9.59 Å². The van der Waals surface area contributed by atoms with Crippen molar-refractivity contribution in [2.75, 3.05) is 23.7 Å². The minimum atomic E-state index is -0.975. The van der Waals surface area contributed by atoms with E-state index in [-0.39, 0.29) is 11.1 Å². The number of carboxylic acid groups (broad SMARTS) is 1. The number of anilines is 2. The normalized spacial score (nSPS) is 22.1. The zero-order valence-corrected chi connectivity index (χ0v) is 13.2. The summed E-state index contributed by atoms with van der Waals surface area (Å²) in [5.41, 5.74) is 8.82. The van der Waals surface area contributed by atoms with Gasteiger partial charge in [0, 0.05) is 37.3 Å². The average molecular weight is 325 g/mol. The third-order valence-electron chi connectivity index (χ3n) is 5.09. The number of pyridine rings is 1. The molecule has 1 saturated heterocycles. The van der Waals surface area contributed by atoms with Gasteiger partial charge in [-0.25, -0.2) is 4.79 Å². The van der Waals surface area contributed by atoms with Gasteiger partial charge in [-0.2, -0.15) is 0 Å². The summed E-state index contributed by atoms with van der Waals surface area (Å²) in [6, 6.07) is 10.4. The molecule has 0 amide bonds. The van der Waals surface area contributed by atoms with E-state index in [2.05, 4.69) is 4.90 Å². The lowest BCUT2D eigenvalue weighted by Gasteiger charge is -2.44. The molecule has 2 aromatic rings. The van der Waals surface area contributed by atoms with Crippen molar-refractivity contribution in [2.24, 2.45) is 5.92 Å². The molecule has 1 fully saturated rings. The number of aromatic carboxylic acids is 1. The van der Waals surface area contributed by atoms with Gasteiger partial charge in [0.2, 0.25) is 0 Å². The first-order chi connectivity index (χ1) is 11.5. The number of carbonyl (C=O) groups is 1. The van der Waals surface area contributed by atoms with Crippen LogP contribution in [0.4, 0.5) is 11.4 Å². The van der Waals surface area contributed by atoms with Crippen LogP contribution in [0, 0.1) is 5.92 Å². The number of nitrogens with two attached hydrogens (primary N) is 1. The maximum absolute atomic E-state index is 12.1. The standard InChI is InChI=1S/C18H19N3O3/c19-14-7-12(18(23)24)4-5-16(14)20-8-11-6-13(10-20)15-2-1-3-17(22)21(15)9-11/h1-5,7,11,13H,6,8-10,19H2,(H,23,24). The van der Waals surface area contributed by atoms with Gasteiger partial charge in [-0.15, -0.1) is 0 Å². The summed E-state index contributed by atoms with van der Waals surface area (Å²) in [6.07, 6.45) is 1.08. The molecule has 2 bridgehead atoms. The van der Waals surface area contributed by atoms with Crippen LogP contribution < -0.4 is 16.2 Å². The van der Waals surface area contributed by atoms with E-state index < -0.39 is 5.97 Å². The summed E-state index contributed by atoms with van der Waals surface area (Å²) < 4.78 is 1.90. The highest BCUT2D eigenvalue weighted by atomic mass is 16.4. The molecule has 0 radical (unpaired) electrons. The second-order valence-corrected chi connectivity index (χ2v) is 6.68. The van der Waals surface area contributed by atoms with Crippen LogP contribution in [-0.4, -0.2) is 28.7 Å². The fourth-order valence-electron chi connectivity index (χ4n) is 4.07. The summed E-state index contributed by atoms with van der Waals surface area (Å²) in [5.74, 6) is -0.281. The third kappa shape index (κ3) is 2.35. The molecule has 1 aromatic heterocycles. The number of fused-ring (bicyclic) bond motifs is 4. The molecule has 3 N–H and O–H groups in total. The zero-order chi connectivity index (χ0) is 16.8. The van der Waals surface area contributed by atoms with E-state index in [1.54, 1.807) is 18.2 Å². The maximum Gasteiger partial charge on any atom is 0.335 e. The van der Waals surface area contributed by atoms with Gasteiger partial charge < -0.3 is 20.3 Å². The highest BCUT2D eigenvalue weighted by molar-refractivity contribution is 5.90. The van der Waals surface area contributed by atoms with Gasteiger partial charge in [0.15, 0.2) is 0 Å². The topological polar surface area (TPSA) is 88.6 Å². The fourth-order valence-corrected chi connectivity index (χ4v) is 4.07. The first-order valence-corrected chi connectivity index (χ1v) is 8.10. The van der Waals surface area contributed by atoms with Crippen LogP contribution in [0.2, 0.25) is 0 Å². The van der Waals surface area contributed by atoms with E-state index >= 15 is 0 Å². The van der Waals surface area contributed by atoms with Crippen molar-refractivity contribution in [3.8, 4) is 0 Å². The minimum Gasteiger partial charge on any atom is -0.478 e.